The van der Waals surface area contributed by atoms with Crippen LogP contribution in [0, 0.1) is 0 Å². The lowest BCUT2D eigenvalue weighted by molar-refractivity contribution is -0.140. The Hall–Kier alpha value is -2.17. The van der Waals surface area contributed by atoms with Gasteiger partial charge in [0.1, 0.15) is 5.71 Å². The van der Waals surface area contributed by atoms with Crippen molar-refractivity contribution >= 4 is 23.1 Å². The van der Waals surface area contributed by atoms with Crippen LogP contribution in [-0.4, -0.2) is 17.4 Å². The zero-order valence-electron chi connectivity index (χ0n) is 10.1. The van der Waals surface area contributed by atoms with Crippen LogP contribution in [0.15, 0.2) is 40.6 Å². The fourth-order valence-corrected chi connectivity index (χ4v) is 0.941. The van der Waals surface area contributed by atoms with E-state index in [9.17, 15) is 4.79 Å². The maximum atomic E-state index is 10.6. The summed E-state index contributed by atoms with van der Waals surface area (Å²) in [6.45, 7) is 4.79. The van der Waals surface area contributed by atoms with Crippen molar-refractivity contribution in [2.24, 2.45) is 10.3 Å². The average Bonchev–Trinajstić information content (AvgIpc) is 2.34. The Morgan fingerprint density at radius 3 is 2.35 bits per heavy atom. The minimum Gasteiger partial charge on any atom is -0.318 e. The van der Waals surface area contributed by atoms with Crippen LogP contribution in [0.3, 0.4) is 0 Å². The van der Waals surface area contributed by atoms with Crippen LogP contribution in [0.4, 0.5) is 5.69 Å². The highest BCUT2D eigenvalue weighted by Gasteiger charge is 1.99. The van der Waals surface area contributed by atoms with Crippen LogP contribution >= 0.6 is 0 Å². The Balaban J connectivity index is 2.60. The number of carbonyl (C=O) groups excluding carboxylic acids is 1. The first-order valence-corrected chi connectivity index (χ1v) is 5.17. The van der Waals surface area contributed by atoms with E-state index >= 15 is 0 Å². The molecule has 0 heterocycles. The molecule has 90 valence electrons. The number of hydrazone groups is 1. The third-order valence-corrected chi connectivity index (χ3v) is 1.96. The van der Waals surface area contributed by atoms with Crippen molar-refractivity contribution in [3.05, 3.63) is 30.3 Å². The van der Waals surface area contributed by atoms with Gasteiger partial charge in [0.15, 0.2) is 0 Å². The highest BCUT2D eigenvalue weighted by molar-refractivity contribution is 6.40. The summed E-state index contributed by atoms with van der Waals surface area (Å²) in [5.74, 6) is -0.451. The Morgan fingerprint density at radius 2 is 1.76 bits per heavy atom. The second-order valence-corrected chi connectivity index (χ2v) is 3.43. The van der Waals surface area contributed by atoms with E-state index in [1.54, 1.807) is 13.8 Å². The van der Waals surface area contributed by atoms with E-state index in [4.69, 9.17) is 0 Å². The second-order valence-electron chi connectivity index (χ2n) is 3.43. The van der Waals surface area contributed by atoms with Gasteiger partial charge >= 0.3 is 5.97 Å². The van der Waals surface area contributed by atoms with Gasteiger partial charge in [-0.3, -0.25) is 5.43 Å². The second kappa shape index (κ2) is 6.42. The van der Waals surface area contributed by atoms with Crippen LogP contribution in [0.2, 0.25) is 0 Å². The number of para-hydroxylation sites is 1. The van der Waals surface area contributed by atoms with Crippen molar-refractivity contribution < 1.29 is 9.63 Å². The molecule has 5 nitrogen and oxygen atoms in total. The zero-order chi connectivity index (χ0) is 12.7. The largest absolute Gasteiger partial charge is 0.331 e. The molecule has 0 saturated heterocycles. The molecule has 0 atom stereocenters. The predicted molar refractivity (Wildman–Crippen MR) is 68.0 cm³/mol. The molecule has 0 radical (unpaired) electrons. The number of oxime groups is 1. The van der Waals surface area contributed by atoms with E-state index in [1.807, 2.05) is 30.3 Å². The summed E-state index contributed by atoms with van der Waals surface area (Å²) in [5, 5.41) is 7.75. The summed E-state index contributed by atoms with van der Waals surface area (Å²) in [5.41, 5.74) is 4.95. The van der Waals surface area contributed by atoms with Gasteiger partial charge in [0.05, 0.1) is 11.4 Å². The molecule has 0 aliphatic carbocycles. The summed E-state index contributed by atoms with van der Waals surface area (Å²) in [4.78, 5) is 15.1. The third-order valence-electron chi connectivity index (χ3n) is 1.96. The van der Waals surface area contributed by atoms with E-state index in [2.05, 4.69) is 20.5 Å². The van der Waals surface area contributed by atoms with Gasteiger partial charge in [-0.1, -0.05) is 23.4 Å². The fraction of sp³-hybridized carbons (Fsp3) is 0.250. The lowest BCUT2D eigenvalue weighted by Crippen LogP contribution is -2.09. The van der Waals surface area contributed by atoms with E-state index in [0.29, 0.717) is 11.4 Å². The lowest BCUT2D eigenvalue weighted by Gasteiger charge is -2.02. The van der Waals surface area contributed by atoms with Crippen LogP contribution < -0.4 is 5.43 Å². The molecule has 0 aliphatic rings. The lowest BCUT2D eigenvalue weighted by atomic mass is 10.3. The highest BCUT2D eigenvalue weighted by atomic mass is 16.7. The SMILES string of the molecule is CC(=O)O/N=C(C)\C(C)=N\Nc1ccccc1. The number of hydrogen-bond acceptors (Lipinski definition) is 5. The van der Waals surface area contributed by atoms with Crippen LogP contribution in [0.5, 0.6) is 0 Å². The molecule has 0 aliphatic heterocycles. The highest BCUT2D eigenvalue weighted by Crippen LogP contribution is 2.04. The Bertz CT molecular complexity index is 438. The van der Waals surface area contributed by atoms with Crippen molar-refractivity contribution in [2.45, 2.75) is 20.8 Å². The summed E-state index contributed by atoms with van der Waals surface area (Å²) in [6, 6.07) is 9.54. The number of nitrogens with one attached hydrogen (secondary N) is 1. The number of benzene rings is 1. The van der Waals surface area contributed by atoms with Crippen molar-refractivity contribution in [1.29, 1.82) is 0 Å². The van der Waals surface area contributed by atoms with Gasteiger partial charge in [-0.25, -0.2) is 4.79 Å². The van der Waals surface area contributed by atoms with Crippen LogP contribution in [0.1, 0.15) is 20.8 Å². The Kier molecular flexibility index (Phi) is 4.87. The van der Waals surface area contributed by atoms with Gasteiger partial charge in [0.25, 0.3) is 0 Å². The molecule has 1 N–H and O–H groups in total. The first kappa shape index (κ1) is 12.9. The molecule has 0 bridgehead atoms. The minimum atomic E-state index is -0.451. The topological polar surface area (TPSA) is 63.0 Å². The zero-order valence-corrected chi connectivity index (χ0v) is 10.1. The summed E-state index contributed by atoms with van der Waals surface area (Å²) in [7, 11) is 0. The Labute approximate surface area is 100 Å². The Morgan fingerprint density at radius 1 is 1.12 bits per heavy atom. The molecule has 1 rings (SSSR count). The molecule has 1 aromatic carbocycles. The van der Waals surface area contributed by atoms with Gasteiger partial charge in [0.2, 0.25) is 0 Å². The van der Waals surface area contributed by atoms with Gasteiger partial charge in [-0.15, -0.1) is 0 Å². The smallest absolute Gasteiger partial charge is 0.318 e. The van der Waals surface area contributed by atoms with E-state index in [1.165, 1.54) is 6.92 Å². The average molecular weight is 233 g/mol. The number of nitrogens with zero attached hydrogens (tertiary/aromatic N) is 2. The summed E-state index contributed by atoms with van der Waals surface area (Å²) in [6.07, 6.45) is 0. The molecule has 5 heteroatoms. The predicted octanol–water partition coefficient (Wildman–Crippen LogP) is 2.41. The maximum absolute atomic E-state index is 10.6. The third kappa shape index (κ3) is 4.92. The van der Waals surface area contributed by atoms with Gasteiger partial charge in [-0.05, 0) is 26.0 Å². The molecule has 0 amide bonds. The van der Waals surface area contributed by atoms with Crippen molar-refractivity contribution in [2.75, 3.05) is 5.43 Å². The van der Waals surface area contributed by atoms with Crippen molar-refractivity contribution in [1.82, 2.24) is 0 Å². The molecular formula is C12H15N3O2. The maximum Gasteiger partial charge on any atom is 0.331 e. The first-order chi connectivity index (χ1) is 8.09. The first-order valence-electron chi connectivity index (χ1n) is 5.17. The van der Waals surface area contributed by atoms with Crippen LogP contribution in [0.25, 0.3) is 0 Å². The summed E-state index contributed by atoms with van der Waals surface area (Å²) >= 11 is 0. The van der Waals surface area contributed by atoms with Gasteiger partial charge < -0.3 is 4.84 Å². The molecule has 0 fully saturated rings. The number of hydrogen-bond donors (Lipinski definition) is 1. The fourth-order valence-electron chi connectivity index (χ4n) is 0.941. The monoisotopic (exact) mass is 233 g/mol. The molecule has 0 aromatic heterocycles. The molecular weight excluding hydrogens is 218 g/mol. The van der Waals surface area contributed by atoms with Crippen molar-refractivity contribution in [3.63, 3.8) is 0 Å². The van der Waals surface area contributed by atoms with Gasteiger partial charge in [0, 0.05) is 6.92 Å². The van der Waals surface area contributed by atoms with Crippen LogP contribution in [-0.2, 0) is 9.63 Å². The number of carbonyl (C=O) groups is 1. The molecule has 0 spiro atoms. The van der Waals surface area contributed by atoms with Crippen molar-refractivity contribution in [3.8, 4) is 0 Å². The van der Waals surface area contributed by atoms with Gasteiger partial charge in [-0.2, -0.15) is 5.10 Å². The number of anilines is 1. The number of rotatable bonds is 4. The standard InChI is InChI=1S/C12H15N3O2/c1-9(10(2)15-17-11(3)16)13-14-12-7-5-4-6-8-12/h4-8,14H,1-3H3/b13-9+,15-10-. The van der Waals surface area contributed by atoms with E-state index in [0.717, 1.165) is 5.69 Å². The molecule has 0 unspecified atom stereocenters. The normalized spacial score (nSPS) is 12.2. The van der Waals surface area contributed by atoms with E-state index in [-0.39, 0.29) is 0 Å². The molecule has 17 heavy (non-hydrogen) atoms. The minimum absolute atomic E-state index is 0.451. The summed E-state index contributed by atoms with van der Waals surface area (Å²) < 4.78 is 0. The molecule has 1 aromatic rings. The quantitative estimate of drug-likeness (QED) is 0.493. The van der Waals surface area contributed by atoms with E-state index < -0.39 is 5.97 Å². The molecule has 0 saturated carbocycles.